The smallest absolute Gasteiger partial charge is 0.422 e. The predicted octanol–water partition coefficient (Wildman–Crippen LogP) is 5.96. The molecule has 0 saturated carbocycles. The van der Waals surface area contributed by atoms with Crippen molar-refractivity contribution in [3.05, 3.63) is 78.9 Å². The van der Waals surface area contributed by atoms with Crippen molar-refractivity contribution in [2.75, 3.05) is 6.61 Å². The topological polar surface area (TPSA) is 9.23 Å². The fourth-order valence-electron chi connectivity index (χ4n) is 2.46. The molecule has 0 aliphatic heterocycles. The SMILES string of the molecule is FC(F)(F)COc1ccccc1-c1ccc(-c2ccccc2)cc1. The molecule has 0 aliphatic carbocycles. The van der Waals surface area contributed by atoms with Crippen LogP contribution < -0.4 is 4.74 Å². The first-order valence-corrected chi connectivity index (χ1v) is 7.47. The lowest BCUT2D eigenvalue weighted by molar-refractivity contribution is -0.153. The van der Waals surface area contributed by atoms with Crippen molar-refractivity contribution in [2.45, 2.75) is 6.18 Å². The molecule has 0 aliphatic rings. The second kappa shape index (κ2) is 6.79. The molecule has 0 aromatic heterocycles. The molecular weight excluding hydrogens is 313 g/mol. The molecule has 0 N–H and O–H groups in total. The van der Waals surface area contributed by atoms with Crippen molar-refractivity contribution in [1.29, 1.82) is 0 Å². The van der Waals surface area contributed by atoms with Crippen LogP contribution in [0.1, 0.15) is 0 Å². The van der Waals surface area contributed by atoms with Crippen LogP contribution in [0.15, 0.2) is 78.9 Å². The number of rotatable bonds is 4. The number of benzene rings is 3. The maximum Gasteiger partial charge on any atom is 0.422 e. The Morgan fingerprint density at radius 1 is 0.625 bits per heavy atom. The van der Waals surface area contributed by atoms with Crippen LogP contribution in [0.2, 0.25) is 0 Å². The maximum atomic E-state index is 12.4. The standard InChI is InChI=1S/C20H15F3O/c21-20(22,23)14-24-19-9-5-4-8-18(19)17-12-10-16(11-13-17)15-6-2-1-3-7-15/h1-13H,14H2. The third-order valence-electron chi connectivity index (χ3n) is 3.58. The van der Waals surface area contributed by atoms with E-state index in [1.807, 2.05) is 54.6 Å². The Hall–Kier alpha value is -2.75. The fourth-order valence-corrected chi connectivity index (χ4v) is 2.46. The largest absolute Gasteiger partial charge is 0.483 e. The second-order valence-electron chi connectivity index (χ2n) is 5.34. The van der Waals surface area contributed by atoms with E-state index in [0.717, 1.165) is 16.7 Å². The van der Waals surface area contributed by atoms with Crippen LogP contribution in [0, 0.1) is 0 Å². The first kappa shape index (κ1) is 16.1. The molecule has 3 rings (SSSR count). The third kappa shape index (κ3) is 3.96. The highest BCUT2D eigenvalue weighted by Gasteiger charge is 2.28. The Labute approximate surface area is 138 Å². The predicted molar refractivity (Wildman–Crippen MR) is 88.9 cm³/mol. The second-order valence-corrected chi connectivity index (χ2v) is 5.34. The van der Waals surface area contributed by atoms with Gasteiger partial charge in [0.25, 0.3) is 0 Å². The summed E-state index contributed by atoms with van der Waals surface area (Å²) in [6.45, 7) is -1.30. The minimum atomic E-state index is -4.36. The summed E-state index contributed by atoms with van der Waals surface area (Å²) in [6.07, 6.45) is -4.36. The minimum absolute atomic E-state index is 0.224. The van der Waals surface area contributed by atoms with E-state index in [0.29, 0.717) is 5.56 Å². The summed E-state index contributed by atoms with van der Waals surface area (Å²) < 4.78 is 42.1. The van der Waals surface area contributed by atoms with Gasteiger partial charge in [-0.15, -0.1) is 0 Å². The van der Waals surface area contributed by atoms with Crippen molar-refractivity contribution in [3.63, 3.8) is 0 Å². The molecule has 3 aromatic rings. The van der Waals surface area contributed by atoms with E-state index < -0.39 is 12.8 Å². The average Bonchev–Trinajstić information content (AvgIpc) is 2.61. The van der Waals surface area contributed by atoms with Crippen LogP contribution in [-0.4, -0.2) is 12.8 Å². The lowest BCUT2D eigenvalue weighted by atomic mass is 10.00. The van der Waals surface area contributed by atoms with Gasteiger partial charge in [-0.2, -0.15) is 13.2 Å². The summed E-state index contributed by atoms with van der Waals surface area (Å²) in [5, 5.41) is 0. The molecular formula is C20H15F3O. The van der Waals surface area contributed by atoms with E-state index in [4.69, 9.17) is 4.74 Å². The molecule has 0 fully saturated rings. The van der Waals surface area contributed by atoms with E-state index in [1.54, 1.807) is 24.3 Å². The molecule has 0 bridgehead atoms. The van der Waals surface area contributed by atoms with Gasteiger partial charge in [-0.05, 0) is 22.8 Å². The van der Waals surface area contributed by atoms with Crippen molar-refractivity contribution in [3.8, 4) is 28.0 Å². The summed E-state index contributed by atoms with van der Waals surface area (Å²) in [5.74, 6) is 0.224. The average molecular weight is 328 g/mol. The van der Waals surface area contributed by atoms with E-state index in [1.165, 1.54) is 0 Å². The maximum absolute atomic E-state index is 12.4. The molecule has 3 aromatic carbocycles. The van der Waals surface area contributed by atoms with Crippen molar-refractivity contribution < 1.29 is 17.9 Å². The van der Waals surface area contributed by atoms with Crippen LogP contribution >= 0.6 is 0 Å². The Morgan fingerprint density at radius 3 is 1.83 bits per heavy atom. The van der Waals surface area contributed by atoms with Crippen LogP contribution in [0.25, 0.3) is 22.3 Å². The van der Waals surface area contributed by atoms with E-state index >= 15 is 0 Å². The highest BCUT2D eigenvalue weighted by molar-refractivity contribution is 5.74. The first-order valence-electron chi connectivity index (χ1n) is 7.47. The Kier molecular flexibility index (Phi) is 4.56. The van der Waals surface area contributed by atoms with Gasteiger partial charge in [0.2, 0.25) is 0 Å². The third-order valence-corrected chi connectivity index (χ3v) is 3.58. The number of halogens is 3. The monoisotopic (exact) mass is 328 g/mol. The molecule has 0 saturated heterocycles. The number of ether oxygens (including phenoxy) is 1. The van der Waals surface area contributed by atoms with E-state index in [2.05, 4.69) is 0 Å². The van der Waals surface area contributed by atoms with Crippen LogP contribution in [0.4, 0.5) is 13.2 Å². The van der Waals surface area contributed by atoms with Gasteiger partial charge in [-0.25, -0.2) is 0 Å². The van der Waals surface area contributed by atoms with Crippen molar-refractivity contribution in [1.82, 2.24) is 0 Å². The Balaban J connectivity index is 1.87. The first-order chi connectivity index (χ1) is 11.5. The molecule has 0 heterocycles. The van der Waals surface area contributed by atoms with Gasteiger partial charge in [0.15, 0.2) is 6.61 Å². The summed E-state index contributed by atoms with van der Waals surface area (Å²) in [7, 11) is 0. The van der Waals surface area contributed by atoms with E-state index in [9.17, 15) is 13.2 Å². The summed E-state index contributed by atoms with van der Waals surface area (Å²) >= 11 is 0. The summed E-state index contributed by atoms with van der Waals surface area (Å²) in [6, 6.07) is 24.3. The summed E-state index contributed by atoms with van der Waals surface area (Å²) in [4.78, 5) is 0. The normalized spacial score (nSPS) is 11.3. The highest BCUT2D eigenvalue weighted by Crippen LogP contribution is 2.32. The van der Waals surface area contributed by atoms with E-state index in [-0.39, 0.29) is 5.75 Å². The number of para-hydroxylation sites is 1. The van der Waals surface area contributed by atoms with Crippen molar-refractivity contribution >= 4 is 0 Å². The lowest BCUT2D eigenvalue weighted by Crippen LogP contribution is -2.19. The zero-order valence-electron chi connectivity index (χ0n) is 12.8. The molecule has 0 spiro atoms. The minimum Gasteiger partial charge on any atom is -0.483 e. The Morgan fingerprint density at radius 2 is 1.17 bits per heavy atom. The van der Waals surface area contributed by atoms with Gasteiger partial charge in [0.05, 0.1) is 0 Å². The van der Waals surface area contributed by atoms with Gasteiger partial charge in [0.1, 0.15) is 5.75 Å². The molecule has 0 unspecified atom stereocenters. The zero-order chi connectivity index (χ0) is 17.0. The van der Waals surface area contributed by atoms with Gasteiger partial charge in [-0.1, -0.05) is 72.8 Å². The zero-order valence-corrected chi connectivity index (χ0v) is 12.8. The molecule has 0 radical (unpaired) electrons. The number of hydrogen-bond donors (Lipinski definition) is 0. The van der Waals surface area contributed by atoms with Gasteiger partial charge >= 0.3 is 6.18 Å². The number of hydrogen-bond acceptors (Lipinski definition) is 1. The molecule has 0 amide bonds. The van der Waals surface area contributed by atoms with Gasteiger partial charge in [0, 0.05) is 5.56 Å². The van der Waals surface area contributed by atoms with Crippen LogP contribution in [0.5, 0.6) is 5.75 Å². The van der Waals surface area contributed by atoms with Gasteiger partial charge in [-0.3, -0.25) is 0 Å². The van der Waals surface area contributed by atoms with Crippen LogP contribution in [-0.2, 0) is 0 Å². The van der Waals surface area contributed by atoms with Crippen LogP contribution in [0.3, 0.4) is 0 Å². The number of alkyl halides is 3. The highest BCUT2D eigenvalue weighted by atomic mass is 19.4. The molecule has 0 atom stereocenters. The van der Waals surface area contributed by atoms with Crippen molar-refractivity contribution in [2.24, 2.45) is 0 Å². The Bertz CT molecular complexity index is 793. The quantitative estimate of drug-likeness (QED) is 0.574. The summed E-state index contributed by atoms with van der Waals surface area (Å²) in [5.41, 5.74) is 3.59. The van der Waals surface area contributed by atoms with Gasteiger partial charge < -0.3 is 4.74 Å². The lowest BCUT2D eigenvalue weighted by Gasteiger charge is -2.13. The molecule has 4 heteroatoms. The molecule has 24 heavy (non-hydrogen) atoms. The molecule has 1 nitrogen and oxygen atoms in total. The molecule has 122 valence electrons. The fraction of sp³-hybridized carbons (Fsp3) is 0.100.